The number of aromatic nitrogens is 4. The number of piperidine rings is 1. The smallest absolute Gasteiger partial charge is 0.414 e. The van der Waals surface area contributed by atoms with Crippen molar-refractivity contribution in [3.63, 3.8) is 0 Å². The molecule has 2 amide bonds. The van der Waals surface area contributed by atoms with E-state index in [0.717, 1.165) is 6.20 Å². The van der Waals surface area contributed by atoms with E-state index >= 15 is 4.39 Å². The molecule has 3 fully saturated rings. The molecular formula is C28H27F2N7O4. The van der Waals surface area contributed by atoms with Crippen LogP contribution in [0, 0.1) is 34.9 Å². The molecule has 13 heteroatoms. The van der Waals surface area contributed by atoms with Crippen molar-refractivity contribution in [3.05, 3.63) is 60.2 Å². The summed E-state index contributed by atoms with van der Waals surface area (Å²) < 4.78 is 40.9. The van der Waals surface area contributed by atoms with E-state index < -0.39 is 41.1 Å². The number of rotatable bonds is 5. The number of amides is 2. The quantitative estimate of drug-likeness (QED) is 0.458. The van der Waals surface area contributed by atoms with Gasteiger partial charge in [-0.3, -0.25) is 9.88 Å². The Kier molecular flexibility index (Phi) is 6.17. The van der Waals surface area contributed by atoms with Crippen LogP contribution in [0.15, 0.2) is 42.9 Å². The average Bonchev–Trinajstić information content (AvgIpc) is 3.34. The standard InChI is InChI=1S/C28H27F2N7O4/c1-27(2,3)41-25(38)35-12-21-22(13-35)28(21,15-31)20-6-7-32-9-19(20)18-5-4-16(8-23(18)29)37-11-17(40-26(37)39)10-36-14-24(30)33-34-36/h4-9,14,17,21-22H,10-13H2,1-3H3/t17-,21-,22+,28?/m0/s1. The predicted molar refractivity (Wildman–Crippen MR) is 139 cm³/mol. The molecule has 3 aromatic rings. The highest BCUT2D eigenvalue weighted by Gasteiger charge is 2.71. The third-order valence-corrected chi connectivity index (χ3v) is 7.81. The minimum atomic E-state index is -0.880. The molecule has 2 aromatic heterocycles. The normalized spacial score (nSPS) is 25.1. The maximum Gasteiger partial charge on any atom is 0.414 e. The molecule has 1 aromatic carbocycles. The van der Waals surface area contributed by atoms with E-state index in [2.05, 4.69) is 21.4 Å². The molecule has 0 N–H and O–H groups in total. The van der Waals surface area contributed by atoms with E-state index in [1.165, 1.54) is 21.8 Å². The first-order valence-corrected chi connectivity index (χ1v) is 13.2. The average molecular weight is 564 g/mol. The minimum Gasteiger partial charge on any atom is -0.444 e. The molecule has 1 aliphatic carbocycles. The minimum absolute atomic E-state index is 0.0999. The van der Waals surface area contributed by atoms with Crippen molar-refractivity contribution in [1.82, 2.24) is 24.9 Å². The summed E-state index contributed by atoms with van der Waals surface area (Å²) in [5.74, 6) is -1.57. The van der Waals surface area contributed by atoms with Gasteiger partial charge in [0.1, 0.15) is 17.5 Å². The second-order valence-electron chi connectivity index (χ2n) is 11.5. The number of carbonyl (C=O) groups excluding carboxylic acids is 2. The molecule has 4 heterocycles. The fourth-order valence-corrected chi connectivity index (χ4v) is 5.99. The Bertz CT molecular complexity index is 1570. The van der Waals surface area contributed by atoms with Gasteiger partial charge in [0.2, 0.25) is 0 Å². The number of ether oxygens (including phenoxy) is 2. The van der Waals surface area contributed by atoms with Crippen LogP contribution >= 0.6 is 0 Å². The van der Waals surface area contributed by atoms with Crippen LogP contribution in [0.25, 0.3) is 11.1 Å². The summed E-state index contributed by atoms with van der Waals surface area (Å²) in [4.78, 5) is 32.2. The van der Waals surface area contributed by atoms with Gasteiger partial charge in [0.15, 0.2) is 0 Å². The predicted octanol–water partition coefficient (Wildman–Crippen LogP) is 3.90. The second kappa shape index (κ2) is 9.50. The third-order valence-electron chi connectivity index (χ3n) is 7.81. The van der Waals surface area contributed by atoms with Crippen LogP contribution in [0.4, 0.5) is 24.1 Å². The summed E-state index contributed by atoms with van der Waals surface area (Å²) in [5, 5.41) is 17.2. The monoisotopic (exact) mass is 563 g/mol. The molecule has 1 unspecified atom stereocenters. The number of carbonyl (C=O) groups is 2. The molecule has 0 bridgehead atoms. The number of nitrogens with zero attached hydrogens (tertiary/aromatic N) is 7. The van der Waals surface area contributed by atoms with Gasteiger partial charge >= 0.3 is 12.2 Å². The van der Waals surface area contributed by atoms with E-state index in [0.29, 0.717) is 29.9 Å². The Morgan fingerprint density at radius 1 is 1.20 bits per heavy atom. The maximum atomic E-state index is 15.6. The Hall–Kier alpha value is -4.60. The Labute approximate surface area is 234 Å². The molecule has 41 heavy (non-hydrogen) atoms. The van der Waals surface area contributed by atoms with Gasteiger partial charge in [-0.2, -0.15) is 9.65 Å². The molecule has 3 aliphatic rings. The van der Waals surface area contributed by atoms with Gasteiger partial charge in [-0.1, -0.05) is 10.3 Å². The van der Waals surface area contributed by atoms with Crippen molar-refractivity contribution in [2.45, 2.75) is 44.4 Å². The van der Waals surface area contributed by atoms with Gasteiger partial charge in [0.05, 0.1) is 36.5 Å². The van der Waals surface area contributed by atoms with Gasteiger partial charge in [0.25, 0.3) is 5.95 Å². The number of cyclic esters (lactones) is 1. The zero-order valence-corrected chi connectivity index (χ0v) is 22.6. The van der Waals surface area contributed by atoms with Crippen LogP contribution in [-0.4, -0.2) is 68.4 Å². The lowest BCUT2D eigenvalue weighted by atomic mass is 9.86. The fourth-order valence-electron chi connectivity index (χ4n) is 5.99. The number of likely N-dealkylation sites (tertiary alicyclic amines) is 1. The number of halogens is 2. The molecule has 6 rings (SSSR count). The topological polar surface area (TPSA) is 126 Å². The highest BCUT2D eigenvalue weighted by atomic mass is 19.1. The molecular weight excluding hydrogens is 536 g/mol. The Morgan fingerprint density at radius 2 is 1.95 bits per heavy atom. The van der Waals surface area contributed by atoms with Crippen molar-refractivity contribution in [1.29, 1.82) is 5.26 Å². The van der Waals surface area contributed by atoms with Crippen molar-refractivity contribution in [2.75, 3.05) is 24.5 Å². The number of fused-ring (bicyclic) bond motifs is 1. The lowest BCUT2D eigenvalue weighted by Gasteiger charge is -2.27. The second-order valence-corrected chi connectivity index (χ2v) is 11.5. The van der Waals surface area contributed by atoms with Crippen molar-refractivity contribution in [3.8, 4) is 17.2 Å². The summed E-state index contributed by atoms with van der Waals surface area (Å²) in [6.45, 7) is 6.37. The highest BCUT2D eigenvalue weighted by molar-refractivity contribution is 5.90. The Balaban J connectivity index is 1.22. The van der Waals surface area contributed by atoms with Crippen LogP contribution in [-0.2, 0) is 21.4 Å². The lowest BCUT2D eigenvalue weighted by molar-refractivity contribution is 0.0266. The highest BCUT2D eigenvalue weighted by Crippen LogP contribution is 2.64. The Morgan fingerprint density at radius 3 is 2.59 bits per heavy atom. The van der Waals surface area contributed by atoms with Gasteiger partial charge in [0, 0.05) is 48.4 Å². The van der Waals surface area contributed by atoms with Crippen molar-refractivity contribution < 1.29 is 27.8 Å². The number of anilines is 1. The molecule has 1 saturated carbocycles. The van der Waals surface area contributed by atoms with E-state index in [1.807, 2.05) is 0 Å². The summed E-state index contributed by atoms with van der Waals surface area (Å²) in [7, 11) is 0. The molecule has 2 saturated heterocycles. The van der Waals surface area contributed by atoms with Crippen LogP contribution < -0.4 is 4.90 Å². The molecule has 2 aliphatic heterocycles. The van der Waals surface area contributed by atoms with Crippen LogP contribution in [0.1, 0.15) is 26.3 Å². The number of benzene rings is 1. The summed E-state index contributed by atoms with van der Waals surface area (Å²) in [6.07, 6.45) is 2.50. The molecule has 0 spiro atoms. The maximum absolute atomic E-state index is 15.6. The number of pyridine rings is 1. The summed E-state index contributed by atoms with van der Waals surface area (Å²) in [5.41, 5.74) is 0.159. The third kappa shape index (κ3) is 4.63. The largest absolute Gasteiger partial charge is 0.444 e. The first-order chi connectivity index (χ1) is 19.5. The van der Waals surface area contributed by atoms with Gasteiger partial charge in [-0.25, -0.2) is 18.7 Å². The summed E-state index contributed by atoms with van der Waals surface area (Å²) in [6, 6.07) is 8.59. The first kappa shape index (κ1) is 26.6. The lowest BCUT2D eigenvalue weighted by Crippen LogP contribution is -2.39. The van der Waals surface area contributed by atoms with E-state index in [-0.39, 0.29) is 30.5 Å². The van der Waals surface area contributed by atoms with Crippen molar-refractivity contribution >= 4 is 17.9 Å². The SMILES string of the molecule is CC(C)(C)OC(=O)N1C[C@@H]2[C@H](C1)C2(C#N)c1ccncc1-c1ccc(N2C[C@H](Cn3cc(F)nn3)OC2=O)cc1F. The van der Waals surface area contributed by atoms with Crippen LogP contribution in [0.5, 0.6) is 0 Å². The van der Waals surface area contributed by atoms with Gasteiger partial charge in [-0.15, -0.1) is 0 Å². The van der Waals surface area contributed by atoms with Gasteiger partial charge in [-0.05, 0) is 50.6 Å². The first-order valence-electron chi connectivity index (χ1n) is 13.2. The van der Waals surface area contributed by atoms with Gasteiger partial charge < -0.3 is 14.4 Å². The van der Waals surface area contributed by atoms with E-state index in [4.69, 9.17) is 9.47 Å². The molecule has 0 radical (unpaired) electrons. The van der Waals surface area contributed by atoms with E-state index in [9.17, 15) is 19.2 Å². The van der Waals surface area contributed by atoms with Crippen LogP contribution in [0.2, 0.25) is 0 Å². The van der Waals surface area contributed by atoms with Crippen LogP contribution in [0.3, 0.4) is 0 Å². The van der Waals surface area contributed by atoms with E-state index in [1.54, 1.807) is 50.1 Å². The zero-order chi connectivity index (χ0) is 29.1. The molecule has 212 valence electrons. The molecule has 11 nitrogen and oxygen atoms in total. The fraction of sp³-hybridized carbons (Fsp3) is 0.429. The molecule has 4 atom stereocenters. The zero-order valence-electron chi connectivity index (χ0n) is 22.6. The number of nitriles is 1. The summed E-state index contributed by atoms with van der Waals surface area (Å²) >= 11 is 0. The number of hydrogen-bond donors (Lipinski definition) is 0. The number of hydrogen-bond acceptors (Lipinski definition) is 8. The van der Waals surface area contributed by atoms with Crippen molar-refractivity contribution in [2.24, 2.45) is 11.8 Å².